The van der Waals surface area contributed by atoms with E-state index in [4.69, 9.17) is 0 Å². The highest BCUT2D eigenvalue weighted by Crippen LogP contribution is 2.24. The van der Waals surface area contributed by atoms with Gasteiger partial charge < -0.3 is 15.7 Å². The van der Waals surface area contributed by atoms with E-state index in [0.29, 0.717) is 18.7 Å². The van der Waals surface area contributed by atoms with Crippen molar-refractivity contribution >= 4 is 12.1 Å². The van der Waals surface area contributed by atoms with Crippen molar-refractivity contribution in [2.24, 2.45) is 0 Å². The standard InChI is InChI=1S/C19H21N3O3/c1-19(25,13-21-18(24)22-12-11-20-17(22)23)16-9-7-15(8-10-16)14-5-3-2-4-6-14/h2-10,25H,11-13H2,1H3,(H,20,23)(H,21,24). The van der Waals surface area contributed by atoms with Gasteiger partial charge in [0.1, 0.15) is 5.60 Å². The topological polar surface area (TPSA) is 81.7 Å². The first-order valence-corrected chi connectivity index (χ1v) is 8.19. The number of rotatable bonds is 4. The molecule has 3 N–H and O–H groups in total. The Morgan fingerprint density at radius 2 is 1.80 bits per heavy atom. The third-order valence-electron chi connectivity index (χ3n) is 4.30. The molecule has 1 aliphatic heterocycles. The highest BCUT2D eigenvalue weighted by molar-refractivity contribution is 5.94. The Labute approximate surface area is 146 Å². The lowest BCUT2D eigenvalue weighted by atomic mass is 9.94. The van der Waals surface area contributed by atoms with Crippen molar-refractivity contribution in [3.05, 3.63) is 60.2 Å². The SMILES string of the molecule is CC(O)(CNC(=O)N1CCNC1=O)c1ccc(-c2ccccc2)cc1. The number of carbonyl (C=O) groups is 2. The Kier molecular flexibility index (Phi) is 4.72. The van der Waals surface area contributed by atoms with Gasteiger partial charge in [-0.1, -0.05) is 54.6 Å². The van der Waals surface area contributed by atoms with E-state index in [0.717, 1.165) is 16.0 Å². The zero-order chi connectivity index (χ0) is 17.9. The van der Waals surface area contributed by atoms with Crippen LogP contribution < -0.4 is 10.6 Å². The second-order valence-corrected chi connectivity index (χ2v) is 6.26. The van der Waals surface area contributed by atoms with Crippen molar-refractivity contribution in [1.29, 1.82) is 0 Å². The van der Waals surface area contributed by atoms with Crippen LogP contribution in [0.25, 0.3) is 11.1 Å². The first-order chi connectivity index (χ1) is 12.0. The van der Waals surface area contributed by atoms with Crippen molar-refractivity contribution in [1.82, 2.24) is 15.5 Å². The van der Waals surface area contributed by atoms with Gasteiger partial charge in [-0.3, -0.25) is 0 Å². The number of hydrogen-bond acceptors (Lipinski definition) is 3. The maximum atomic E-state index is 12.0. The second kappa shape index (κ2) is 6.94. The fourth-order valence-electron chi connectivity index (χ4n) is 2.76. The Balaban J connectivity index is 1.65. The van der Waals surface area contributed by atoms with E-state index >= 15 is 0 Å². The van der Waals surface area contributed by atoms with Crippen molar-refractivity contribution in [2.75, 3.05) is 19.6 Å². The molecule has 0 saturated carbocycles. The summed E-state index contributed by atoms with van der Waals surface area (Å²) in [6.45, 7) is 2.43. The summed E-state index contributed by atoms with van der Waals surface area (Å²) in [5, 5.41) is 15.9. The van der Waals surface area contributed by atoms with Crippen molar-refractivity contribution in [3.63, 3.8) is 0 Å². The maximum absolute atomic E-state index is 12.0. The summed E-state index contributed by atoms with van der Waals surface area (Å²) < 4.78 is 0. The first-order valence-electron chi connectivity index (χ1n) is 8.19. The minimum Gasteiger partial charge on any atom is -0.384 e. The number of amides is 4. The number of carbonyl (C=O) groups excluding carboxylic acids is 2. The number of imide groups is 1. The molecule has 6 nitrogen and oxygen atoms in total. The van der Waals surface area contributed by atoms with E-state index in [1.54, 1.807) is 6.92 Å². The summed E-state index contributed by atoms with van der Waals surface area (Å²) in [5.74, 6) is 0. The molecule has 1 saturated heterocycles. The Morgan fingerprint density at radius 1 is 1.16 bits per heavy atom. The molecule has 1 atom stereocenters. The van der Waals surface area contributed by atoms with Crippen LogP contribution in [-0.2, 0) is 5.60 Å². The smallest absolute Gasteiger partial charge is 0.325 e. The molecule has 0 bridgehead atoms. The Bertz CT molecular complexity index is 757. The molecule has 6 heteroatoms. The van der Waals surface area contributed by atoms with E-state index in [-0.39, 0.29) is 6.54 Å². The molecule has 1 aliphatic rings. The fourth-order valence-corrected chi connectivity index (χ4v) is 2.76. The molecule has 25 heavy (non-hydrogen) atoms. The van der Waals surface area contributed by atoms with Gasteiger partial charge in [0.05, 0.1) is 6.54 Å². The highest BCUT2D eigenvalue weighted by atomic mass is 16.3. The van der Waals surface area contributed by atoms with Gasteiger partial charge in [-0.15, -0.1) is 0 Å². The zero-order valence-electron chi connectivity index (χ0n) is 14.0. The molecule has 0 spiro atoms. The lowest BCUT2D eigenvalue weighted by molar-refractivity contribution is 0.0582. The van der Waals surface area contributed by atoms with Crippen LogP contribution in [0.4, 0.5) is 9.59 Å². The van der Waals surface area contributed by atoms with Crippen LogP contribution in [0.3, 0.4) is 0 Å². The summed E-state index contributed by atoms with van der Waals surface area (Å²) in [6.07, 6.45) is 0. The Morgan fingerprint density at radius 3 is 2.40 bits per heavy atom. The van der Waals surface area contributed by atoms with Gasteiger partial charge in [0.2, 0.25) is 0 Å². The third-order valence-corrected chi connectivity index (χ3v) is 4.30. The molecule has 2 aromatic rings. The van der Waals surface area contributed by atoms with Gasteiger partial charge in [0.25, 0.3) is 0 Å². The van der Waals surface area contributed by atoms with Crippen molar-refractivity contribution in [3.8, 4) is 11.1 Å². The summed E-state index contributed by atoms with van der Waals surface area (Å²) in [6, 6.07) is 16.6. The zero-order valence-corrected chi connectivity index (χ0v) is 14.0. The van der Waals surface area contributed by atoms with E-state index in [1.807, 2.05) is 54.6 Å². The number of nitrogens with zero attached hydrogens (tertiary/aromatic N) is 1. The summed E-state index contributed by atoms with van der Waals surface area (Å²) in [4.78, 5) is 24.6. The van der Waals surface area contributed by atoms with Gasteiger partial charge in [-0.25, -0.2) is 14.5 Å². The lowest BCUT2D eigenvalue weighted by Crippen LogP contribution is -2.46. The van der Waals surface area contributed by atoms with Crippen LogP contribution in [-0.4, -0.2) is 41.7 Å². The molecule has 130 valence electrons. The summed E-state index contributed by atoms with van der Waals surface area (Å²) >= 11 is 0. The number of nitrogens with one attached hydrogen (secondary N) is 2. The molecule has 0 aromatic heterocycles. The molecular weight excluding hydrogens is 318 g/mol. The van der Waals surface area contributed by atoms with Crippen LogP contribution in [0.15, 0.2) is 54.6 Å². The van der Waals surface area contributed by atoms with Crippen molar-refractivity contribution < 1.29 is 14.7 Å². The molecule has 1 heterocycles. The monoisotopic (exact) mass is 339 g/mol. The van der Waals surface area contributed by atoms with Crippen LogP contribution in [0.2, 0.25) is 0 Å². The fraction of sp³-hybridized carbons (Fsp3) is 0.263. The lowest BCUT2D eigenvalue weighted by Gasteiger charge is -2.25. The molecule has 4 amide bonds. The van der Waals surface area contributed by atoms with E-state index < -0.39 is 17.7 Å². The average Bonchev–Trinajstić information content (AvgIpc) is 3.07. The largest absolute Gasteiger partial charge is 0.384 e. The first kappa shape index (κ1) is 17.0. The number of urea groups is 2. The second-order valence-electron chi connectivity index (χ2n) is 6.26. The van der Waals surface area contributed by atoms with Gasteiger partial charge in [-0.05, 0) is 23.6 Å². The number of aliphatic hydroxyl groups is 1. The van der Waals surface area contributed by atoms with E-state index in [9.17, 15) is 14.7 Å². The van der Waals surface area contributed by atoms with Crippen LogP contribution in [0, 0.1) is 0 Å². The minimum atomic E-state index is -1.24. The maximum Gasteiger partial charge on any atom is 0.325 e. The van der Waals surface area contributed by atoms with E-state index in [1.165, 1.54) is 0 Å². The molecule has 3 rings (SSSR count). The Hall–Kier alpha value is -2.86. The minimum absolute atomic E-state index is 0.0142. The summed E-state index contributed by atoms with van der Waals surface area (Å²) in [5.41, 5.74) is 1.61. The van der Waals surface area contributed by atoms with Gasteiger partial charge in [-0.2, -0.15) is 0 Å². The van der Waals surface area contributed by atoms with Crippen LogP contribution in [0.5, 0.6) is 0 Å². The highest BCUT2D eigenvalue weighted by Gasteiger charge is 2.29. The van der Waals surface area contributed by atoms with Crippen LogP contribution in [0.1, 0.15) is 12.5 Å². The third kappa shape index (κ3) is 3.80. The quantitative estimate of drug-likeness (QED) is 0.799. The molecular formula is C19H21N3O3. The molecule has 1 unspecified atom stereocenters. The molecule has 2 aromatic carbocycles. The predicted octanol–water partition coefficient (Wildman–Crippen LogP) is 2.30. The number of benzene rings is 2. The average molecular weight is 339 g/mol. The van der Waals surface area contributed by atoms with Gasteiger partial charge >= 0.3 is 12.1 Å². The predicted molar refractivity (Wildman–Crippen MR) is 95.0 cm³/mol. The molecule has 0 aliphatic carbocycles. The summed E-state index contributed by atoms with van der Waals surface area (Å²) in [7, 11) is 0. The van der Waals surface area contributed by atoms with Crippen LogP contribution >= 0.6 is 0 Å². The van der Waals surface area contributed by atoms with Gasteiger partial charge in [0, 0.05) is 13.1 Å². The molecule has 1 fully saturated rings. The van der Waals surface area contributed by atoms with Crippen molar-refractivity contribution in [2.45, 2.75) is 12.5 Å². The molecule has 0 radical (unpaired) electrons. The number of hydrogen-bond donors (Lipinski definition) is 3. The van der Waals surface area contributed by atoms with E-state index in [2.05, 4.69) is 10.6 Å². The van der Waals surface area contributed by atoms with Gasteiger partial charge in [0.15, 0.2) is 0 Å². The normalized spacial score (nSPS) is 16.2.